The van der Waals surface area contributed by atoms with E-state index >= 15 is 0 Å². The summed E-state index contributed by atoms with van der Waals surface area (Å²) in [6.07, 6.45) is 1.52. The maximum atomic E-state index is 13.0. The molecular formula is C22H16Cl3N5O3S. The third kappa shape index (κ3) is 5.18. The lowest BCUT2D eigenvalue weighted by molar-refractivity contribution is 0.101. The fourth-order valence-corrected chi connectivity index (χ4v) is 4.65. The van der Waals surface area contributed by atoms with Crippen molar-refractivity contribution in [2.75, 3.05) is 10.0 Å². The predicted molar refractivity (Wildman–Crippen MR) is 133 cm³/mol. The summed E-state index contributed by atoms with van der Waals surface area (Å²) in [6, 6.07) is 15.2. The fourth-order valence-electron chi connectivity index (χ4n) is 3.09. The van der Waals surface area contributed by atoms with Gasteiger partial charge in [0.15, 0.2) is 11.0 Å². The van der Waals surface area contributed by atoms with E-state index in [0.717, 1.165) is 0 Å². The summed E-state index contributed by atoms with van der Waals surface area (Å²) < 4.78 is 29.0. The van der Waals surface area contributed by atoms with Gasteiger partial charge in [0.2, 0.25) is 0 Å². The zero-order valence-electron chi connectivity index (χ0n) is 17.5. The molecule has 0 spiro atoms. The lowest BCUT2D eigenvalue weighted by Gasteiger charge is -2.13. The molecule has 34 heavy (non-hydrogen) atoms. The minimum atomic E-state index is -3.81. The Labute approximate surface area is 210 Å². The number of benzene rings is 2. The number of pyridine rings is 1. The van der Waals surface area contributed by atoms with Crippen LogP contribution in [0.3, 0.4) is 0 Å². The molecule has 0 saturated heterocycles. The molecule has 0 bridgehead atoms. The van der Waals surface area contributed by atoms with E-state index < -0.39 is 15.9 Å². The second-order valence-electron chi connectivity index (χ2n) is 7.12. The van der Waals surface area contributed by atoms with Gasteiger partial charge in [-0.1, -0.05) is 34.8 Å². The molecule has 4 rings (SSSR count). The van der Waals surface area contributed by atoms with Crippen LogP contribution in [0.25, 0.3) is 5.82 Å². The van der Waals surface area contributed by atoms with Crippen LogP contribution < -0.4 is 10.0 Å². The van der Waals surface area contributed by atoms with Crippen molar-refractivity contribution < 1.29 is 13.2 Å². The van der Waals surface area contributed by atoms with Gasteiger partial charge in [0.25, 0.3) is 15.9 Å². The smallest absolute Gasteiger partial charge is 0.274 e. The summed E-state index contributed by atoms with van der Waals surface area (Å²) in [7, 11) is -3.81. The molecule has 1 amide bonds. The Bertz CT molecular complexity index is 1490. The number of amides is 1. The van der Waals surface area contributed by atoms with Gasteiger partial charge in [-0.05, 0) is 67.1 Å². The van der Waals surface area contributed by atoms with E-state index in [-0.39, 0.29) is 21.6 Å². The Kier molecular flexibility index (Phi) is 6.81. The first kappa shape index (κ1) is 24.0. The first-order chi connectivity index (χ1) is 16.1. The number of sulfonamides is 1. The first-order valence-corrected chi connectivity index (χ1v) is 12.3. The van der Waals surface area contributed by atoms with Crippen LogP contribution in [0.15, 0.2) is 71.8 Å². The van der Waals surface area contributed by atoms with Crippen LogP contribution >= 0.6 is 34.8 Å². The average molecular weight is 537 g/mol. The van der Waals surface area contributed by atoms with Gasteiger partial charge < -0.3 is 5.32 Å². The zero-order chi connectivity index (χ0) is 24.5. The molecule has 0 radical (unpaired) electrons. The van der Waals surface area contributed by atoms with Crippen molar-refractivity contribution in [3.63, 3.8) is 0 Å². The number of halogens is 3. The number of nitrogens with one attached hydrogen (secondary N) is 2. The van der Waals surface area contributed by atoms with E-state index in [4.69, 9.17) is 34.8 Å². The fraction of sp³-hybridized carbons (Fsp3) is 0.0455. The highest BCUT2D eigenvalue weighted by Gasteiger charge is 2.20. The lowest BCUT2D eigenvalue weighted by atomic mass is 10.2. The van der Waals surface area contributed by atoms with E-state index in [1.165, 1.54) is 47.3 Å². The Morgan fingerprint density at radius 2 is 1.74 bits per heavy atom. The molecule has 0 saturated carbocycles. The lowest BCUT2D eigenvalue weighted by Crippen LogP contribution is -2.18. The van der Waals surface area contributed by atoms with Crippen LogP contribution in [0, 0.1) is 6.92 Å². The van der Waals surface area contributed by atoms with Crippen LogP contribution in [0.1, 0.15) is 16.1 Å². The maximum Gasteiger partial charge on any atom is 0.274 e. The molecular weight excluding hydrogens is 521 g/mol. The summed E-state index contributed by atoms with van der Waals surface area (Å²) in [5.74, 6) is -0.247. The van der Waals surface area contributed by atoms with Gasteiger partial charge >= 0.3 is 0 Å². The molecule has 2 N–H and O–H groups in total. The third-order valence-electron chi connectivity index (χ3n) is 4.70. The van der Waals surface area contributed by atoms with Crippen LogP contribution in [-0.2, 0) is 10.0 Å². The van der Waals surface area contributed by atoms with Crippen molar-refractivity contribution in [2.45, 2.75) is 11.8 Å². The van der Waals surface area contributed by atoms with Crippen molar-refractivity contribution in [1.82, 2.24) is 14.8 Å². The van der Waals surface area contributed by atoms with Gasteiger partial charge in [0.05, 0.1) is 9.92 Å². The summed E-state index contributed by atoms with van der Waals surface area (Å²) in [6.45, 7) is 1.73. The standard InChI is InChI=1S/C22H16Cl3N5O3S/c1-13-11-15(29-34(32,33)16-7-4-14(23)5-8-16)6-9-18(13)27-22(31)19-12-20(25)28-30(19)21-17(24)3-2-10-26-21/h2-12,29H,1H3,(H,27,31). The number of rotatable bonds is 6. The third-order valence-corrected chi connectivity index (χ3v) is 6.83. The molecule has 4 aromatic rings. The molecule has 0 atom stereocenters. The van der Waals surface area contributed by atoms with E-state index in [2.05, 4.69) is 20.1 Å². The van der Waals surface area contributed by atoms with Crippen LogP contribution in [0.4, 0.5) is 11.4 Å². The first-order valence-electron chi connectivity index (χ1n) is 9.71. The number of anilines is 2. The number of carbonyl (C=O) groups is 1. The summed E-state index contributed by atoms with van der Waals surface area (Å²) in [5.41, 5.74) is 1.55. The Morgan fingerprint density at radius 1 is 1.00 bits per heavy atom. The normalized spacial score (nSPS) is 11.3. The quantitative estimate of drug-likeness (QED) is 0.334. The van der Waals surface area contributed by atoms with Crippen molar-refractivity contribution >= 4 is 62.1 Å². The molecule has 0 aliphatic carbocycles. The minimum Gasteiger partial charge on any atom is -0.320 e. The van der Waals surface area contributed by atoms with E-state index in [9.17, 15) is 13.2 Å². The van der Waals surface area contributed by atoms with Crippen LogP contribution in [0.5, 0.6) is 0 Å². The Morgan fingerprint density at radius 3 is 2.41 bits per heavy atom. The van der Waals surface area contributed by atoms with Gasteiger partial charge in [-0.2, -0.15) is 5.10 Å². The van der Waals surface area contributed by atoms with Gasteiger partial charge in [0.1, 0.15) is 5.69 Å². The minimum absolute atomic E-state index is 0.0743. The van der Waals surface area contributed by atoms with Gasteiger partial charge in [-0.25, -0.2) is 18.1 Å². The van der Waals surface area contributed by atoms with Crippen molar-refractivity contribution in [3.05, 3.63) is 93.3 Å². The largest absolute Gasteiger partial charge is 0.320 e. The summed E-state index contributed by atoms with van der Waals surface area (Å²) in [4.78, 5) is 17.2. The number of carbonyl (C=O) groups excluding carboxylic acids is 1. The number of hydrogen-bond donors (Lipinski definition) is 2. The maximum absolute atomic E-state index is 13.0. The van der Waals surface area contributed by atoms with Crippen molar-refractivity contribution in [3.8, 4) is 5.82 Å². The Balaban J connectivity index is 1.56. The van der Waals surface area contributed by atoms with Crippen molar-refractivity contribution in [1.29, 1.82) is 0 Å². The SMILES string of the molecule is Cc1cc(NS(=O)(=O)c2ccc(Cl)cc2)ccc1NC(=O)c1cc(Cl)nn1-c1ncccc1Cl. The highest BCUT2D eigenvalue weighted by atomic mass is 35.5. The second-order valence-corrected chi connectivity index (χ2v) is 10.0. The highest BCUT2D eigenvalue weighted by Crippen LogP contribution is 2.25. The monoisotopic (exact) mass is 535 g/mol. The van der Waals surface area contributed by atoms with Crippen molar-refractivity contribution in [2.24, 2.45) is 0 Å². The molecule has 0 unspecified atom stereocenters. The topological polar surface area (TPSA) is 106 Å². The van der Waals surface area contributed by atoms with E-state index in [0.29, 0.717) is 27.0 Å². The Hall–Kier alpha value is -3.11. The average Bonchev–Trinajstić information content (AvgIpc) is 3.17. The summed E-state index contributed by atoms with van der Waals surface area (Å²) >= 11 is 18.1. The molecule has 0 aliphatic rings. The molecule has 174 valence electrons. The molecule has 12 heteroatoms. The molecule has 0 aliphatic heterocycles. The number of hydrogen-bond acceptors (Lipinski definition) is 5. The van der Waals surface area contributed by atoms with E-state index in [1.54, 1.807) is 31.2 Å². The number of aromatic nitrogens is 3. The van der Waals surface area contributed by atoms with Crippen LogP contribution in [-0.4, -0.2) is 29.1 Å². The number of nitrogens with zero attached hydrogens (tertiary/aromatic N) is 3. The summed E-state index contributed by atoms with van der Waals surface area (Å²) in [5, 5.41) is 7.70. The van der Waals surface area contributed by atoms with Crippen LogP contribution in [0.2, 0.25) is 15.2 Å². The van der Waals surface area contributed by atoms with E-state index in [1.807, 2.05) is 0 Å². The highest BCUT2D eigenvalue weighted by molar-refractivity contribution is 7.92. The molecule has 8 nitrogen and oxygen atoms in total. The predicted octanol–water partition coefficient (Wildman–Crippen LogP) is 5.59. The number of aryl methyl sites for hydroxylation is 1. The molecule has 2 aromatic carbocycles. The van der Waals surface area contributed by atoms with Gasteiger partial charge in [-0.15, -0.1) is 0 Å². The molecule has 2 heterocycles. The molecule has 2 aromatic heterocycles. The van der Waals surface area contributed by atoms with Gasteiger partial charge in [-0.3, -0.25) is 9.52 Å². The zero-order valence-corrected chi connectivity index (χ0v) is 20.5. The molecule has 0 fully saturated rings. The second kappa shape index (κ2) is 9.63. The van der Waals surface area contributed by atoms with Gasteiger partial charge in [0, 0.05) is 28.7 Å².